The van der Waals surface area contributed by atoms with Gasteiger partial charge in [-0.05, 0) is 13.3 Å². The highest BCUT2D eigenvalue weighted by atomic mass is 13.8. The third kappa shape index (κ3) is 5.15. The Balaban J connectivity index is 0.000000140. The zero-order chi connectivity index (χ0) is 10.1. The molecule has 0 fully saturated rings. The summed E-state index contributed by atoms with van der Waals surface area (Å²) in [6.07, 6.45) is 13.5. The Morgan fingerprint density at radius 2 is 1.36 bits per heavy atom. The first-order valence-electron chi connectivity index (χ1n) is 4.89. The number of allylic oxidation sites excluding steroid dienone is 6. The molecule has 0 heteroatoms. The van der Waals surface area contributed by atoms with Crippen molar-refractivity contribution < 1.29 is 0 Å². The molecule has 14 heavy (non-hydrogen) atoms. The molecule has 1 aliphatic carbocycles. The van der Waals surface area contributed by atoms with Crippen LogP contribution >= 0.6 is 0 Å². The summed E-state index contributed by atoms with van der Waals surface area (Å²) in [6.45, 7) is 2.08. The van der Waals surface area contributed by atoms with Gasteiger partial charge >= 0.3 is 0 Å². The van der Waals surface area contributed by atoms with Crippen molar-refractivity contribution in [1.82, 2.24) is 0 Å². The van der Waals surface area contributed by atoms with Gasteiger partial charge in [0, 0.05) is 0 Å². The molecule has 0 aliphatic heterocycles. The van der Waals surface area contributed by atoms with E-state index in [2.05, 4.69) is 43.4 Å². The van der Waals surface area contributed by atoms with E-state index in [4.69, 9.17) is 0 Å². The number of hydrogen-bond acceptors (Lipinski definition) is 0. The van der Waals surface area contributed by atoms with Crippen molar-refractivity contribution in [3.05, 3.63) is 72.4 Å². The second-order valence-electron chi connectivity index (χ2n) is 3.13. The van der Waals surface area contributed by atoms with E-state index in [1.807, 2.05) is 30.4 Å². The van der Waals surface area contributed by atoms with E-state index < -0.39 is 0 Å². The molecule has 0 amide bonds. The quantitative estimate of drug-likeness (QED) is 0.570. The summed E-state index contributed by atoms with van der Waals surface area (Å²) in [6, 6.07) is 10.3. The van der Waals surface area contributed by atoms with Crippen LogP contribution in [0.3, 0.4) is 0 Å². The fourth-order valence-corrected chi connectivity index (χ4v) is 1.06. The van der Waals surface area contributed by atoms with Crippen molar-refractivity contribution in [2.45, 2.75) is 13.3 Å². The van der Waals surface area contributed by atoms with Gasteiger partial charge in [-0.3, -0.25) is 0 Å². The maximum Gasteiger partial charge on any atom is -0.0163 e. The number of rotatable bonds is 0. The lowest BCUT2D eigenvalue weighted by molar-refractivity contribution is 1.41. The number of benzene rings is 1. The summed E-state index contributed by atoms with van der Waals surface area (Å²) in [5, 5.41) is 0. The summed E-state index contributed by atoms with van der Waals surface area (Å²) in [4.78, 5) is 0. The van der Waals surface area contributed by atoms with Gasteiger partial charge < -0.3 is 0 Å². The number of aryl methyl sites for hydroxylation is 1. The summed E-state index contributed by atoms with van der Waals surface area (Å²) in [7, 11) is 0. The van der Waals surface area contributed by atoms with Gasteiger partial charge in [-0.15, -0.1) is 0 Å². The Morgan fingerprint density at radius 3 is 1.79 bits per heavy atom. The van der Waals surface area contributed by atoms with Gasteiger partial charge in [-0.2, -0.15) is 0 Å². The van der Waals surface area contributed by atoms with Crippen LogP contribution in [0.25, 0.3) is 0 Å². The molecule has 0 saturated heterocycles. The molecule has 2 rings (SSSR count). The molecule has 1 aromatic rings. The average Bonchev–Trinajstić information content (AvgIpc) is 2.51. The number of hydrogen-bond donors (Lipinski definition) is 0. The molecular formula is C14H16. The second-order valence-corrected chi connectivity index (χ2v) is 3.13. The Kier molecular flexibility index (Phi) is 5.19. The first-order valence-corrected chi connectivity index (χ1v) is 4.89. The van der Waals surface area contributed by atoms with Crippen LogP contribution in [0, 0.1) is 6.92 Å². The molecule has 0 nitrogen and oxygen atoms in total. The van der Waals surface area contributed by atoms with Crippen LogP contribution in [0.1, 0.15) is 12.0 Å². The van der Waals surface area contributed by atoms with E-state index in [-0.39, 0.29) is 0 Å². The van der Waals surface area contributed by atoms with E-state index in [0.717, 1.165) is 6.42 Å². The molecule has 1 aromatic carbocycles. The SMILES string of the molecule is C1=CC=CCC=C1.Cc1ccccc1. The third-order valence-corrected chi connectivity index (χ3v) is 1.82. The molecule has 0 saturated carbocycles. The highest BCUT2D eigenvalue weighted by Crippen LogP contribution is 1.92. The van der Waals surface area contributed by atoms with Gasteiger partial charge in [0.2, 0.25) is 0 Å². The summed E-state index contributed by atoms with van der Waals surface area (Å²) in [5.41, 5.74) is 1.32. The van der Waals surface area contributed by atoms with E-state index in [0.29, 0.717) is 0 Å². The van der Waals surface area contributed by atoms with Crippen LogP contribution in [-0.4, -0.2) is 0 Å². The largest absolute Gasteiger partial charge is 0.0807 e. The summed E-state index contributed by atoms with van der Waals surface area (Å²) < 4.78 is 0. The first-order chi connectivity index (χ1) is 6.89. The van der Waals surface area contributed by atoms with Crippen LogP contribution < -0.4 is 0 Å². The van der Waals surface area contributed by atoms with E-state index in [9.17, 15) is 0 Å². The lowest BCUT2D eigenvalue weighted by Crippen LogP contribution is -1.62. The zero-order valence-corrected chi connectivity index (χ0v) is 8.56. The monoisotopic (exact) mass is 184 g/mol. The predicted molar refractivity (Wildman–Crippen MR) is 63.2 cm³/mol. The molecule has 0 spiro atoms. The van der Waals surface area contributed by atoms with Crippen LogP contribution in [0.15, 0.2) is 66.8 Å². The van der Waals surface area contributed by atoms with E-state index in [1.54, 1.807) is 0 Å². The first kappa shape index (κ1) is 10.5. The predicted octanol–water partition coefficient (Wildman–Crippen LogP) is 4.05. The molecule has 0 atom stereocenters. The van der Waals surface area contributed by atoms with E-state index in [1.165, 1.54) is 5.56 Å². The summed E-state index contributed by atoms with van der Waals surface area (Å²) >= 11 is 0. The maximum atomic E-state index is 2.12. The van der Waals surface area contributed by atoms with E-state index >= 15 is 0 Å². The van der Waals surface area contributed by atoms with Crippen molar-refractivity contribution in [3.8, 4) is 0 Å². The van der Waals surface area contributed by atoms with Crippen LogP contribution in [0.5, 0.6) is 0 Å². The lowest BCUT2D eigenvalue weighted by atomic mass is 10.2. The standard InChI is InChI=1S/2C7H8/c1-7-5-3-2-4-6-7;1-2-4-6-7-5-3-1/h2-6H,1H3;1-6H,7H2. The van der Waals surface area contributed by atoms with Crippen LogP contribution in [0.2, 0.25) is 0 Å². The normalized spacial score (nSPS) is 12.9. The third-order valence-electron chi connectivity index (χ3n) is 1.82. The molecule has 0 radical (unpaired) electrons. The fourth-order valence-electron chi connectivity index (χ4n) is 1.06. The molecule has 0 N–H and O–H groups in total. The molecule has 0 heterocycles. The Morgan fingerprint density at radius 1 is 0.786 bits per heavy atom. The minimum Gasteiger partial charge on any atom is -0.0807 e. The summed E-state index contributed by atoms with van der Waals surface area (Å²) in [5.74, 6) is 0. The minimum absolute atomic E-state index is 1.08. The van der Waals surface area contributed by atoms with Gasteiger partial charge in [0.25, 0.3) is 0 Å². The van der Waals surface area contributed by atoms with Crippen LogP contribution in [0.4, 0.5) is 0 Å². The molecule has 1 aliphatic rings. The van der Waals surface area contributed by atoms with Gasteiger partial charge in [-0.25, -0.2) is 0 Å². The average molecular weight is 184 g/mol. The van der Waals surface area contributed by atoms with Crippen molar-refractivity contribution >= 4 is 0 Å². The highest BCUT2D eigenvalue weighted by Gasteiger charge is 1.72. The zero-order valence-electron chi connectivity index (χ0n) is 8.56. The van der Waals surface area contributed by atoms with Crippen molar-refractivity contribution in [3.63, 3.8) is 0 Å². The van der Waals surface area contributed by atoms with Gasteiger partial charge in [0.1, 0.15) is 0 Å². The fraction of sp³-hybridized carbons (Fsp3) is 0.143. The van der Waals surface area contributed by atoms with Crippen LogP contribution in [-0.2, 0) is 0 Å². The molecule has 72 valence electrons. The Labute approximate surface area is 86.3 Å². The molecule has 0 unspecified atom stereocenters. The van der Waals surface area contributed by atoms with Crippen molar-refractivity contribution in [2.24, 2.45) is 0 Å². The smallest absolute Gasteiger partial charge is 0.0163 e. The van der Waals surface area contributed by atoms with Crippen molar-refractivity contribution in [2.75, 3.05) is 0 Å². The molecule has 0 aromatic heterocycles. The maximum absolute atomic E-state index is 2.12. The highest BCUT2D eigenvalue weighted by molar-refractivity contribution is 5.16. The van der Waals surface area contributed by atoms with Gasteiger partial charge in [-0.1, -0.05) is 72.4 Å². The lowest BCUT2D eigenvalue weighted by Gasteiger charge is -1.82. The van der Waals surface area contributed by atoms with Crippen molar-refractivity contribution in [1.29, 1.82) is 0 Å². The minimum atomic E-state index is 1.08. The molecular weight excluding hydrogens is 168 g/mol. The Hall–Kier alpha value is -1.56. The van der Waals surface area contributed by atoms with Gasteiger partial charge in [0.05, 0.1) is 0 Å². The Bertz CT molecular complexity index is 301. The second kappa shape index (κ2) is 6.90. The van der Waals surface area contributed by atoms with Gasteiger partial charge in [0.15, 0.2) is 0 Å². The molecule has 0 bridgehead atoms. The topological polar surface area (TPSA) is 0 Å².